The van der Waals surface area contributed by atoms with Crippen molar-refractivity contribution >= 4 is 23.8 Å². The molecule has 27 heavy (non-hydrogen) atoms. The number of hydrogen-bond donors (Lipinski definition) is 1. The van der Waals surface area contributed by atoms with Crippen molar-refractivity contribution in [3.8, 4) is 0 Å². The molecule has 0 radical (unpaired) electrons. The smallest absolute Gasteiger partial charge is 0.407 e. The number of rotatable bonds is 6. The molecule has 0 saturated heterocycles. The van der Waals surface area contributed by atoms with Gasteiger partial charge in [0.1, 0.15) is 11.3 Å². The van der Waals surface area contributed by atoms with E-state index in [9.17, 15) is 9.59 Å². The van der Waals surface area contributed by atoms with Crippen molar-refractivity contribution in [2.45, 2.75) is 42.6 Å². The summed E-state index contributed by atoms with van der Waals surface area (Å²) in [7, 11) is 1.33. The van der Waals surface area contributed by atoms with Gasteiger partial charge in [-0.3, -0.25) is 0 Å². The van der Waals surface area contributed by atoms with Crippen molar-refractivity contribution in [1.82, 2.24) is 10.3 Å². The summed E-state index contributed by atoms with van der Waals surface area (Å²) in [6, 6.07) is 11.6. The monoisotopic (exact) mass is 388 g/mol. The molecule has 0 bridgehead atoms. The van der Waals surface area contributed by atoms with Crippen LogP contribution in [0, 0.1) is 0 Å². The lowest BCUT2D eigenvalue weighted by atomic mass is 10.1. The molecule has 144 valence electrons. The van der Waals surface area contributed by atoms with Crippen LogP contribution in [-0.2, 0) is 15.9 Å². The Balaban J connectivity index is 1.87. The summed E-state index contributed by atoms with van der Waals surface area (Å²) in [4.78, 5) is 29.1. The number of pyridine rings is 1. The first-order valence-electron chi connectivity index (χ1n) is 8.55. The quantitative estimate of drug-likeness (QED) is 0.751. The van der Waals surface area contributed by atoms with E-state index in [4.69, 9.17) is 4.74 Å². The lowest BCUT2D eigenvalue weighted by Crippen LogP contribution is -2.33. The van der Waals surface area contributed by atoms with Gasteiger partial charge in [0.15, 0.2) is 0 Å². The number of carbonyl (C=O) groups excluding carboxylic acids is 2. The number of alkyl carbamates (subject to hydrolysis) is 1. The number of nitrogens with zero attached hydrogens (tertiary/aromatic N) is 1. The molecule has 6 nitrogen and oxygen atoms in total. The number of benzene rings is 1. The first-order valence-corrected chi connectivity index (χ1v) is 9.36. The van der Waals surface area contributed by atoms with Gasteiger partial charge in [-0.2, -0.15) is 0 Å². The van der Waals surface area contributed by atoms with Crippen LogP contribution in [0.5, 0.6) is 0 Å². The van der Waals surface area contributed by atoms with Crippen LogP contribution in [0.15, 0.2) is 52.4 Å². The molecule has 0 aliphatic rings. The normalized spacial score (nSPS) is 11.0. The third-order valence-electron chi connectivity index (χ3n) is 3.37. The topological polar surface area (TPSA) is 77.5 Å². The Bertz CT molecular complexity index is 785. The lowest BCUT2D eigenvalue weighted by Gasteiger charge is -2.19. The van der Waals surface area contributed by atoms with Crippen molar-refractivity contribution < 1.29 is 19.1 Å². The predicted molar refractivity (Wildman–Crippen MR) is 104 cm³/mol. The van der Waals surface area contributed by atoms with Gasteiger partial charge in [0.2, 0.25) is 0 Å². The van der Waals surface area contributed by atoms with Crippen LogP contribution in [0.1, 0.15) is 36.8 Å². The van der Waals surface area contributed by atoms with Gasteiger partial charge in [0.05, 0.1) is 7.11 Å². The van der Waals surface area contributed by atoms with E-state index in [1.165, 1.54) is 18.9 Å². The molecule has 0 fully saturated rings. The van der Waals surface area contributed by atoms with Crippen molar-refractivity contribution in [3.63, 3.8) is 0 Å². The van der Waals surface area contributed by atoms with Gasteiger partial charge in [0, 0.05) is 22.5 Å². The van der Waals surface area contributed by atoms with Crippen LogP contribution in [0.25, 0.3) is 0 Å². The number of carbonyl (C=O) groups is 2. The minimum Gasteiger partial charge on any atom is -0.464 e. The molecule has 1 aromatic heterocycles. The molecule has 0 aliphatic heterocycles. The highest BCUT2D eigenvalue weighted by Gasteiger charge is 2.15. The number of esters is 1. The molecule has 0 aliphatic carbocycles. The number of hydrogen-bond acceptors (Lipinski definition) is 6. The molecular formula is C20H24N2O4S. The van der Waals surface area contributed by atoms with Crippen LogP contribution < -0.4 is 5.32 Å². The SMILES string of the molecule is COC(=O)c1cc(Sc2ccc(CCNC(=O)OC(C)(C)C)cc2)ccn1. The van der Waals surface area contributed by atoms with Gasteiger partial charge in [-0.1, -0.05) is 23.9 Å². The maximum atomic E-state index is 11.6. The molecule has 0 atom stereocenters. The summed E-state index contributed by atoms with van der Waals surface area (Å²) < 4.78 is 9.89. The zero-order valence-electron chi connectivity index (χ0n) is 15.9. The summed E-state index contributed by atoms with van der Waals surface area (Å²) in [6.07, 6.45) is 1.89. The summed E-state index contributed by atoms with van der Waals surface area (Å²) in [6.45, 7) is 6.01. The third kappa shape index (κ3) is 7.30. The van der Waals surface area contributed by atoms with Crippen molar-refractivity contribution in [3.05, 3.63) is 53.9 Å². The fourth-order valence-corrected chi connectivity index (χ4v) is 3.02. The number of amides is 1. The second kappa shape index (κ2) is 9.41. The van der Waals surface area contributed by atoms with E-state index in [0.717, 1.165) is 15.4 Å². The number of nitrogens with one attached hydrogen (secondary N) is 1. The van der Waals surface area contributed by atoms with E-state index in [2.05, 4.69) is 15.0 Å². The molecule has 1 aromatic carbocycles. The maximum absolute atomic E-state index is 11.6. The van der Waals surface area contributed by atoms with E-state index in [1.54, 1.807) is 12.3 Å². The Morgan fingerprint density at radius 3 is 2.44 bits per heavy atom. The van der Waals surface area contributed by atoms with Crippen molar-refractivity contribution in [2.75, 3.05) is 13.7 Å². The van der Waals surface area contributed by atoms with Gasteiger partial charge < -0.3 is 14.8 Å². The predicted octanol–water partition coefficient (Wildman–Crippen LogP) is 4.09. The highest BCUT2D eigenvalue weighted by Crippen LogP contribution is 2.28. The van der Waals surface area contributed by atoms with E-state index in [-0.39, 0.29) is 5.69 Å². The van der Waals surface area contributed by atoms with E-state index in [0.29, 0.717) is 13.0 Å². The maximum Gasteiger partial charge on any atom is 0.407 e. The van der Waals surface area contributed by atoms with Gasteiger partial charge in [-0.25, -0.2) is 14.6 Å². The molecule has 2 rings (SSSR count). The number of aromatic nitrogens is 1. The number of methoxy groups -OCH3 is 1. The number of ether oxygens (including phenoxy) is 2. The van der Waals surface area contributed by atoms with Crippen LogP contribution in [0.2, 0.25) is 0 Å². The molecule has 2 aromatic rings. The Morgan fingerprint density at radius 1 is 1.11 bits per heavy atom. The van der Waals surface area contributed by atoms with E-state index < -0.39 is 17.7 Å². The van der Waals surface area contributed by atoms with Gasteiger partial charge in [0.25, 0.3) is 0 Å². The summed E-state index contributed by atoms with van der Waals surface area (Å²) in [5.41, 5.74) is 0.900. The Hall–Kier alpha value is -2.54. The lowest BCUT2D eigenvalue weighted by molar-refractivity contribution is 0.0527. The van der Waals surface area contributed by atoms with Crippen molar-refractivity contribution in [2.24, 2.45) is 0 Å². The Kier molecular flexibility index (Phi) is 7.24. The highest BCUT2D eigenvalue weighted by atomic mass is 32.2. The van der Waals surface area contributed by atoms with Crippen LogP contribution in [0.4, 0.5) is 4.79 Å². The molecule has 1 heterocycles. The van der Waals surface area contributed by atoms with Gasteiger partial charge in [-0.15, -0.1) is 0 Å². The first-order chi connectivity index (χ1) is 12.8. The molecule has 0 spiro atoms. The summed E-state index contributed by atoms with van der Waals surface area (Å²) in [5, 5.41) is 2.75. The van der Waals surface area contributed by atoms with E-state index in [1.807, 2.05) is 51.1 Å². The zero-order valence-corrected chi connectivity index (χ0v) is 16.8. The fourth-order valence-electron chi connectivity index (χ4n) is 2.17. The largest absolute Gasteiger partial charge is 0.464 e. The fraction of sp³-hybridized carbons (Fsp3) is 0.350. The van der Waals surface area contributed by atoms with Gasteiger partial charge >= 0.3 is 12.1 Å². The average molecular weight is 388 g/mol. The molecule has 7 heteroatoms. The summed E-state index contributed by atoms with van der Waals surface area (Å²) in [5.74, 6) is -0.453. The van der Waals surface area contributed by atoms with Crippen LogP contribution in [0.3, 0.4) is 0 Å². The second-order valence-electron chi connectivity index (χ2n) is 6.79. The molecular weight excluding hydrogens is 364 g/mol. The van der Waals surface area contributed by atoms with Crippen LogP contribution in [-0.4, -0.2) is 36.3 Å². The van der Waals surface area contributed by atoms with E-state index >= 15 is 0 Å². The average Bonchev–Trinajstić information content (AvgIpc) is 2.61. The minimum absolute atomic E-state index is 0.285. The summed E-state index contributed by atoms with van der Waals surface area (Å²) >= 11 is 1.54. The van der Waals surface area contributed by atoms with Gasteiger partial charge in [-0.05, 0) is 57.0 Å². The molecule has 0 unspecified atom stereocenters. The zero-order chi connectivity index (χ0) is 19.9. The standard InChI is InChI=1S/C20H24N2O4S/c1-20(2,3)26-19(24)22-11-9-14-5-7-15(8-6-14)27-16-10-12-21-17(13-16)18(23)25-4/h5-8,10,12-13H,9,11H2,1-4H3,(H,22,24). The molecule has 1 amide bonds. The van der Waals surface area contributed by atoms with Crippen molar-refractivity contribution in [1.29, 1.82) is 0 Å². The minimum atomic E-state index is -0.496. The molecule has 0 saturated carbocycles. The Morgan fingerprint density at radius 2 is 1.81 bits per heavy atom. The first kappa shape index (κ1) is 20.8. The molecule has 1 N–H and O–H groups in total. The Labute approximate surface area is 163 Å². The van der Waals surface area contributed by atoms with Crippen LogP contribution >= 0.6 is 11.8 Å². The highest BCUT2D eigenvalue weighted by molar-refractivity contribution is 7.99. The second-order valence-corrected chi connectivity index (χ2v) is 7.94. The third-order valence-corrected chi connectivity index (χ3v) is 4.36.